The van der Waals surface area contributed by atoms with Crippen LogP contribution in [0.25, 0.3) is 0 Å². The number of anilines is 2. The van der Waals surface area contributed by atoms with Gasteiger partial charge in [-0.1, -0.05) is 6.92 Å². The molecule has 0 aromatic carbocycles. The van der Waals surface area contributed by atoms with Crippen LogP contribution >= 0.6 is 11.8 Å². The van der Waals surface area contributed by atoms with E-state index in [0.717, 1.165) is 5.25 Å². The lowest BCUT2D eigenvalue weighted by molar-refractivity contribution is 0.746. The predicted molar refractivity (Wildman–Crippen MR) is 64.0 cm³/mol. The van der Waals surface area contributed by atoms with Crippen LogP contribution in [0.3, 0.4) is 0 Å². The number of H-pyrrole nitrogens is 1. The molecule has 1 aromatic heterocycles. The molecule has 0 saturated heterocycles. The van der Waals surface area contributed by atoms with Crippen LogP contribution in [0, 0.1) is 0 Å². The van der Waals surface area contributed by atoms with Gasteiger partial charge in [-0.15, -0.1) is 5.10 Å². The van der Waals surface area contributed by atoms with E-state index >= 15 is 0 Å². The zero-order valence-electron chi connectivity index (χ0n) is 8.86. The van der Waals surface area contributed by atoms with E-state index in [1.165, 1.54) is 25.0 Å². The molecule has 2 rings (SSSR count). The first-order valence-corrected chi connectivity index (χ1v) is 6.39. The Morgan fingerprint density at radius 2 is 2.47 bits per heavy atom. The van der Waals surface area contributed by atoms with E-state index in [4.69, 9.17) is 5.73 Å². The first-order valence-electron chi connectivity index (χ1n) is 5.34. The number of nitrogens with two attached hydrogens (primary N) is 1. The molecule has 1 aromatic rings. The molecule has 15 heavy (non-hydrogen) atoms. The number of hydrogen-bond donors (Lipinski definition) is 3. The molecule has 1 heterocycles. The van der Waals surface area contributed by atoms with Gasteiger partial charge in [-0.2, -0.15) is 16.7 Å². The first-order chi connectivity index (χ1) is 7.28. The Bertz CT molecular complexity index is 313. The van der Waals surface area contributed by atoms with Crippen LogP contribution < -0.4 is 11.1 Å². The SMILES string of the molecule is CCSC1CCC(Nc2n[nH]c(N)n2)C1. The van der Waals surface area contributed by atoms with Crippen molar-refractivity contribution in [2.75, 3.05) is 16.8 Å². The van der Waals surface area contributed by atoms with Crippen molar-refractivity contribution in [3.8, 4) is 0 Å². The molecule has 1 aliphatic carbocycles. The van der Waals surface area contributed by atoms with E-state index in [0.29, 0.717) is 17.9 Å². The number of aromatic amines is 1. The highest BCUT2D eigenvalue weighted by Gasteiger charge is 2.25. The molecule has 84 valence electrons. The predicted octanol–water partition coefficient (Wildman–Crippen LogP) is 1.47. The van der Waals surface area contributed by atoms with Crippen LogP contribution in [0.5, 0.6) is 0 Å². The maximum absolute atomic E-state index is 5.45. The highest BCUT2D eigenvalue weighted by Crippen LogP contribution is 2.30. The second-order valence-electron chi connectivity index (χ2n) is 3.78. The quantitative estimate of drug-likeness (QED) is 0.726. The lowest BCUT2D eigenvalue weighted by Gasteiger charge is -2.10. The largest absolute Gasteiger partial charge is 0.368 e. The Morgan fingerprint density at radius 3 is 3.13 bits per heavy atom. The molecule has 0 amide bonds. The van der Waals surface area contributed by atoms with Crippen molar-refractivity contribution >= 4 is 23.7 Å². The number of nitrogen functional groups attached to an aromatic ring is 1. The van der Waals surface area contributed by atoms with E-state index in [1.54, 1.807) is 0 Å². The van der Waals surface area contributed by atoms with Crippen molar-refractivity contribution in [1.29, 1.82) is 0 Å². The summed E-state index contributed by atoms with van der Waals surface area (Å²) in [5.74, 6) is 2.19. The Morgan fingerprint density at radius 1 is 1.60 bits per heavy atom. The third-order valence-electron chi connectivity index (χ3n) is 2.62. The minimum atomic E-state index is 0.370. The summed E-state index contributed by atoms with van der Waals surface area (Å²) in [6, 6.07) is 0.504. The van der Waals surface area contributed by atoms with Gasteiger partial charge >= 0.3 is 0 Å². The van der Waals surface area contributed by atoms with E-state index in [1.807, 2.05) is 11.8 Å². The summed E-state index contributed by atoms with van der Waals surface area (Å²) in [5, 5.41) is 10.7. The highest BCUT2D eigenvalue weighted by molar-refractivity contribution is 7.99. The van der Waals surface area contributed by atoms with Gasteiger partial charge in [0.2, 0.25) is 11.9 Å². The summed E-state index contributed by atoms with van der Waals surface area (Å²) in [4.78, 5) is 4.04. The Labute approximate surface area is 93.6 Å². The zero-order valence-corrected chi connectivity index (χ0v) is 9.68. The van der Waals surface area contributed by atoms with E-state index in [-0.39, 0.29) is 0 Å². The zero-order chi connectivity index (χ0) is 10.7. The number of thioether (sulfide) groups is 1. The van der Waals surface area contributed by atoms with Crippen molar-refractivity contribution < 1.29 is 0 Å². The monoisotopic (exact) mass is 227 g/mol. The van der Waals surface area contributed by atoms with Gasteiger partial charge in [-0.05, 0) is 25.0 Å². The second-order valence-corrected chi connectivity index (χ2v) is 5.35. The normalized spacial score (nSPS) is 25.7. The Hall–Kier alpha value is -0.910. The second kappa shape index (κ2) is 4.74. The van der Waals surface area contributed by atoms with Gasteiger partial charge in [0.15, 0.2) is 0 Å². The molecule has 2 unspecified atom stereocenters. The average molecular weight is 227 g/mol. The summed E-state index contributed by atoms with van der Waals surface area (Å²) < 4.78 is 0. The van der Waals surface area contributed by atoms with Crippen LogP contribution in [-0.4, -0.2) is 32.2 Å². The number of rotatable bonds is 4. The topological polar surface area (TPSA) is 79.6 Å². The fraction of sp³-hybridized carbons (Fsp3) is 0.778. The third-order valence-corrected chi connectivity index (χ3v) is 3.86. The van der Waals surface area contributed by atoms with Crippen LogP contribution in [0.4, 0.5) is 11.9 Å². The van der Waals surface area contributed by atoms with E-state index in [2.05, 4.69) is 27.4 Å². The lowest BCUT2D eigenvalue weighted by atomic mass is 10.2. The minimum Gasteiger partial charge on any atom is -0.368 e. The molecule has 0 bridgehead atoms. The summed E-state index contributed by atoms with van der Waals surface area (Å²) in [6.07, 6.45) is 3.69. The summed E-state index contributed by atoms with van der Waals surface area (Å²) in [6.45, 7) is 2.21. The molecule has 1 aliphatic rings. The lowest BCUT2D eigenvalue weighted by Crippen LogP contribution is -2.17. The maximum atomic E-state index is 5.45. The molecule has 5 nitrogen and oxygen atoms in total. The Kier molecular flexibility index (Phi) is 3.35. The standard InChI is InChI=1S/C9H17N5S/c1-2-15-7-4-3-6(5-7)11-9-12-8(10)13-14-9/h6-7H,2-5H2,1H3,(H4,10,11,12,13,14). The summed E-state index contributed by atoms with van der Waals surface area (Å²) in [5.41, 5.74) is 5.45. The van der Waals surface area contributed by atoms with Crippen molar-refractivity contribution in [3.63, 3.8) is 0 Å². The van der Waals surface area contributed by atoms with Crippen LogP contribution in [0.15, 0.2) is 0 Å². The smallest absolute Gasteiger partial charge is 0.243 e. The van der Waals surface area contributed by atoms with Crippen LogP contribution in [-0.2, 0) is 0 Å². The maximum Gasteiger partial charge on any atom is 0.243 e. The molecular weight excluding hydrogens is 210 g/mol. The number of nitrogens with one attached hydrogen (secondary N) is 2. The fourth-order valence-corrected chi connectivity index (χ4v) is 3.12. The van der Waals surface area contributed by atoms with Gasteiger partial charge in [-0.3, -0.25) is 0 Å². The van der Waals surface area contributed by atoms with E-state index < -0.39 is 0 Å². The van der Waals surface area contributed by atoms with Gasteiger partial charge < -0.3 is 11.1 Å². The number of nitrogens with zero attached hydrogens (tertiary/aromatic N) is 2. The molecule has 0 aliphatic heterocycles. The molecule has 2 atom stereocenters. The number of aromatic nitrogens is 3. The third kappa shape index (κ3) is 2.77. The molecule has 0 radical (unpaired) electrons. The highest BCUT2D eigenvalue weighted by atomic mass is 32.2. The van der Waals surface area contributed by atoms with Gasteiger partial charge in [0.25, 0.3) is 0 Å². The molecule has 1 fully saturated rings. The van der Waals surface area contributed by atoms with Crippen molar-refractivity contribution in [2.45, 2.75) is 37.5 Å². The van der Waals surface area contributed by atoms with Crippen molar-refractivity contribution in [2.24, 2.45) is 0 Å². The summed E-state index contributed by atoms with van der Waals surface area (Å²) in [7, 11) is 0. The first kappa shape index (κ1) is 10.6. The Balaban J connectivity index is 1.82. The van der Waals surface area contributed by atoms with Crippen molar-refractivity contribution in [3.05, 3.63) is 0 Å². The molecule has 1 saturated carbocycles. The van der Waals surface area contributed by atoms with Gasteiger partial charge in [0.05, 0.1) is 0 Å². The molecule has 0 spiro atoms. The van der Waals surface area contributed by atoms with Gasteiger partial charge in [0.1, 0.15) is 0 Å². The fourth-order valence-electron chi connectivity index (χ4n) is 1.98. The van der Waals surface area contributed by atoms with Crippen molar-refractivity contribution in [1.82, 2.24) is 15.2 Å². The minimum absolute atomic E-state index is 0.370. The van der Waals surface area contributed by atoms with Crippen LogP contribution in [0.2, 0.25) is 0 Å². The molecule has 4 N–H and O–H groups in total. The number of hydrogen-bond acceptors (Lipinski definition) is 5. The van der Waals surface area contributed by atoms with Gasteiger partial charge in [0, 0.05) is 11.3 Å². The van der Waals surface area contributed by atoms with Crippen LogP contribution in [0.1, 0.15) is 26.2 Å². The van der Waals surface area contributed by atoms with E-state index in [9.17, 15) is 0 Å². The van der Waals surface area contributed by atoms with Gasteiger partial charge in [-0.25, -0.2) is 5.10 Å². The molecule has 6 heteroatoms. The molecular formula is C9H17N5S. The average Bonchev–Trinajstić information content (AvgIpc) is 2.78. The summed E-state index contributed by atoms with van der Waals surface area (Å²) >= 11 is 2.05.